The van der Waals surface area contributed by atoms with Crippen LogP contribution in [0.25, 0.3) is 0 Å². The quantitative estimate of drug-likeness (QED) is 0.361. The zero-order chi connectivity index (χ0) is 19.3. The van der Waals surface area contributed by atoms with Crippen LogP contribution in [0.15, 0.2) is 18.5 Å². The highest BCUT2D eigenvalue weighted by Crippen LogP contribution is 2.20. The number of hydrogen-bond donors (Lipinski definition) is 2. The smallest absolute Gasteiger partial charge is 0.417 e. The lowest BCUT2D eigenvalue weighted by molar-refractivity contribution is -0.227. The summed E-state index contributed by atoms with van der Waals surface area (Å²) in [5.41, 5.74) is -0.890. The highest BCUT2D eigenvalue weighted by atomic mass is 16.8. The number of alkyl carbamates (subject to hydrolysis) is 1. The Hall–Kier alpha value is -2.91. The number of hydrogen-bond acceptors (Lipinski definition) is 8. The van der Waals surface area contributed by atoms with Gasteiger partial charge in [0, 0.05) is 25.7 Å². The summed E-state index contributed by atoms with van der Waals surface area (Å²) in [6.45, 7) is 7.44. The van der Waals surface area contributed by atoms with Crippen LogP contribution >= 0.6 is 0 Å². The van der Waals surface area contributed by atoms with Gasteiger partial charge in [0.2, 0.25) is 5.96 Å². The minimum Gasteiger partial charge on any atom is -0.454 e. The van der Waals surface area contributed by atoms with Crippen molar-refractivity contribution in [2.45, 2.75) is 52.4 Å². The van der Waals surface area contributed by atoms with Gasteiger partial charge in [-0.15, -0.1) is 0 Å². The van der Waals surface area contributed by atoms with Gasteiger partial charge in [-0.3, -0.25) is 15.5 Å². The normalized spacial score (nSPS) is 13.3. The largest absolute Gasteiger partial charge is 0.454 e. The fraction of sp³-hybridized carbons (Fsp3) is 0.533. The van der Waals surface area contributed by atoms with Gasteiger partial charge in [-0.1, -0.05) is 6.92 Å². The molecule has 1 aromatic heterocycles. The zero-order valence-electron chi connectivity index (χ0n) is 14.8. The molecule has 0 aromatic carbocycles. The molecule has 1 aromatic rings. The molecule has 0 saturated heterocycles. The van der Waals surface area contributed by atoms with E-state index in [0.717, 1.165) is 11.6 Å². The maximum absolute atomic E-state index is 12.3. The van der Waals surface area contributed by atoms with Crippen molar-refractivity contribution in [2.75, 3.05) is 0 Å². The SMILES string of the molecule is CCC(=O)OC(C)(OC(=O)NC(=N)n1cccn1)C(=O)OC(C)(C)C. The van der Waals surface area contributed by atoms with E-state index in [1.807, 2.05) is 0 Å². The summed E-state index contributed by atoms with van der Waals surface area (Å²) in [5.74, 6) is -4.52. The van der Waals surface area contributed by atoms with Gasteiger partial charge in [-0.2, -0.15) is 5.10 Å². The van der Waals surface area contributed by atoms with Gasteiger partial charge in [0.1, 0.15) is 5.60 Å². The Morgan fingerprint density at radius 2 is 1.80 bits per heavy atom. The molecule has 0 aliphatic rings. The van der Waals surface area contributed by atoms with Crippen molar-refractivity contribution in [2.24, 2.45) is 0 Å². The molecule has 25 heavy (non-hydrogen) atoms. The molecule has 10 nitrogen and oxygen atoms in total. The molecule has 2 N–H and O–H groups in total. The van der Waals surface area contributed by atoms with Gasteiger partial charge in [0.15, 0.2) is 0 Å². The maximum Gasteiger partial charge on any atom is 0.417 e. The summed E-state index contributed by atoms with van der Waals surface area (Å²) in [5, 5.41) is 13.5. The minimum absolute atomic E-state index is 0.0352. The van der Waals surface area contributed by atoms with Crippen molar-refractivity contribution in [1.29, 1.82) is 5.41 Å². The van der Waals surface area contributed by atoms with Crippen molar-refractivity contribution in [1.82, 2.24) is 15.1 Å². The lowest BCUT2D eigenvalue weighted by atomic mass is 10.2. The third-order valence-corrected chi connectivity index (χ3v) is 2.61. The molecule has 1 unspecified atom stereocenters. The number of nitrogens with one attached hydrogen (secondary N) is 2. The Morgan fingerprint density at radius 1 is 1.16 bits per heavy atom. The second-order valence-electron chi connectivity index (χ2n) is 6.09. The van der Waals surface area contributed by atoms with Crippen LogP contribution in [0.3, 0.4) is 0 Å². The fourth-order valence-corrected chi connectivity index (χ4v) is 1.52. The van der Waals surface area contributed by atoms with E-state index in [9.17, 15) is 14.4 Å². The predicted octanol–water partition coefficient (Wildman–Crippen LogP) is 1.40. The summed E-state index contributed by atoms with van der Waals surface area (Å²) in [4.78, 5) is 35.9. The molecular formula is C15H22N4O6. The molecule has 10 heteroatoms. The monoisotopic (exact) mass is 354 g/mol. The van der Waals surface area contributed by atoms with E-state index in [4.69, 9.17) is 19.6 Å². The Morgan fingerprint density at radius 3 is 2.28 bits per heavy atom. The van der Waals surface area contributed by atoms with Crippen molar-refractivity contribution in [3.8, 4) is 0 Å². The third-order valence-electron chi connectivity index (χ3n) is 2.61. The number of rotatable bonds is 4. The molecule has 0 radical (unpaired) electrons. The van der Waals surface area contributed by atoms with Crippen LogP contribution in [-0.2, 0) is 23.8 Å². The molecule has 0 bridgehead atoms. The molecule has 1 atom stereocenters. The van der Waals surface area contributed by atoms with Crippen LogP contribution in [0.5, 0.6) is 0 Å². The standard InChI is InChI=1S/C15H22N4O6/c1-6-10(20)23-15(5,11(21)24-14(2,3)4)25-13(22)18-12(16)19-9-7-8-17-19/h7-9H,6H2,1-5H3,(H2,16,18,22). The van der Waals surface area contributed by atoms with Gasteiger partial charge >= 0.3 is 23.8 Å². The molecule has 0 aliphatic heterocycles. The van der Waals surface area contributed by atoms with Crippen LogP contribution in [0.2, 0.25) is 0 Å². The summed E-state index contributed by atoms with van der Waals surface area (Å²) >= 11 is 0. The van der Waals surface area contributed by atoms with Crippen molar-refractivity contribution in [3.05, 3.63) is 18.5 Å². The average Bonchev–Trinajstić information content (AvgIpc) is 2.99. The van der Waals surface area contributed by atoms with Crippen molar-refractivity contribution in [3.63, 3.8) is 0 Å². The number of nitrogens with zero attached hydrogens (tertiary/aromatic N) is 2. The highest BCUT2D eigenvalue weighted by molar-refractivity contribution is 5.94. The summed E-state index contributed by atoms with van der Waals surface area (Å²) < 4.78 is 16.1. The second kappa shape index (κ2) is 7.77. The maximum atomic E-state index is 12.3. The Labute approximate surface area is 144 Å². The predicted molar refractivity (Wildman–Crippen MR) is 85.6 cm³/mol. The summed E-state index contributed by atoms with van der Waals surface area (Å²) in [6, 6.07) is 1.55. The van der Waals surface area contributed by atoms with E-state index < -0.39 is 35.4 Å². The van der Waals surface area contributed by atoms with Gasteiger partial charge < -0.3 is 14.2 Å². The molecule has 1 amide bonds. The highest BCUT2D eigenvalue weighted by Gasteiger charge is 2.45. The zero-order valence-corrected chi connectivity index (χ0v) is 14.8. The van der Waals surface area contributed by atoms with Crippen LogP contribution in [-0.4, -0.2) is 45.2 Å². The number of carbonyl (C=O) groups is 3. The first-order valence-corrected chi connectivity index (χ1v) is 7.50. The lowest BCUT2D eigenvalue weighted by Gasteiger charge is -2.30. The van der Waals surface area contributed by atoms with E-state index in [1.54, 1.807) is 26.8 Å². The van der Waals surface area contributed by atoms with E-state index in [1.165, 1.54) is 19.3 Å². The molecule has 0 aliphatic carbocycles. The molecular weight excluding hydrogens is 332 g/mol. The average molecular weight is 354 g/mol. The number of aromatic nitrogens is 2. The number of ether oxygens (including phenoxy) is 3. The Bertz CT molecular complexity index is 649. The summed E-state index contributed by atoms with van der Waals surface area (Å²) in [7, 11) is 0. The van der Waals surface area contributed by atoms with Crippen molar-refractivity contribution >= 4 is 24.0 Å². The number of esters is 2. The van der Waals surface area contributed by atoms with Crippen LogP contribution < -0.4 is 5.32 Å². The van der Waals surface area contributed by atoms with Gasteiger partial charge in [0.05, 0.1) is 0 Å². The van der Waals surface area contributed by atoms with E-state index >= 15 is 0 Å². The van der Waals surface area contributed by atoms with Gasteiger partial charge in [0.25, 0.3) is 0 Å². The Kier molecular flexibility index (Phi) is 6.26. The first-order chi connectivity index (χ1) is 11.5. The van der Waals surface area contributed by atoms with Gasteiger partial charge in [-0.25, -0.2) is 14.3 Å². The number of carbonyl (C=O) groups excluding carboxylic acids is 3. The van der Waals surface area contributed by atoms with E-state index in [0.29, 0.717) is 0 Å². The van der Waals surface area contributed by atoms with Crippen LogP contribution in [0.1, 0.15) is 41.0 Å². The molecule has 0 saturated carbocycles. The lowest BCUT2D eigenvalue weighted by Crippen LogP contribution is -2.50. The molecule has 1 heterocycles. The molecule has 0 fully saturated rings. The number of amides is 1. The second-order valence-corrected chi connectivity index (χ2v) is 6.09. The third kappa shape index (κ3) is 6.24. The van der Waals surface area contributed by atoms with Gasteiger partial charge in [-0.05, 0) is 26.8 Å². The molecule has 1 rings (SSSR count). The van der Waals surface area contributed by atoms with Crippen LogP contribution in [0.4, 0.5) is 4.79 Å². The van der Waals surface area contributed by atoms with Crippen molar-refractivity contribution < 1.29 is 28.6 Å². The molecule has 0 spiro atoms. The Balaban J connectivity index is 2.88. The molecule has 138 valence electrons. The minimum atomic E-state index is -2.30. The topological polar surface area (TPSA) is 133 Å². The fourth-order valence-electron chi connectivity index (χ4n) is 1.52. The van der Waals surface area contributed by atoms with E-state index in [2.05, 4.69) is 10.4 Å². The van der Waals surface area contributed by atoms with E-state index in [-0.39, 0.29) is 6.42 Å². The first kappa shape index (κ1) is 20.1. The summed E-state index contributed by atoms with van der Waals surface area (Å²) in [6.07, 6.45) is 1.62. The first-order valence-electron chi connectivity index (χ1n) is 7.50. The van der Waals surface area contributed by atoms with Crippen LogP contribution in [0, 0.1) is 5.41 Å².